The number of nitrogens with zero attached hydrogens (tertiary/aromatic N) is 4. The Balaban J connectivity index is 1.76. The lowest BCUT2D eigenvalue weighted by Gasteiger charge is -2.21. The van der Waals surface area contributed by atoms with Gasteiger partial charge in [-0.3, -0.25) is 14.3 Å². The molecule has 6 heteroatoms. The molecule has 0 aliphatic carbocycles. The van der Waals surface area contributed by atoms with Crippen LogP contribution in [-0.2, 0) is 20.0 Å². The van der Waals surface area contributed by atoms with Crippen LogP contribution in [0, 0.1) is 0 Å². The minimum absolute atomic E-state index is 0.0740. The maximum Gasteiger partial charge on any atom is 0.255 e. The zero-order chi connectivity index (χ0) is 19.2. The van der Waals surface area contributed by atoms with Crippen LogP contribution in [0.3, 0.4) is 0 Å². The van der Waals surface area contributed by atoms with E-state index in [2.05, 4.69) is 34.6 Å². The molecule has 6 nitrogen and oxygen atoms in total. The van der Waals surface area contributed by atoms with Crippen LogP contribution < -0.4 is 15.8 Å². The number of likely N-dealkylation sites (N-methyl/N-ethyl adjacent to an activating group) is 1. The summed E-state index contributed by atoms with van der Waals surface area (Å²) in [4.78, 5) is 23.1. The fourth-order valence-electron chi connectivity index (χ4n) is 2.96. The molecule has 0 saturated heterocycles. The van der Waals surface area contributed by atoms with Crippen molar-refractivity contribution < 1.29 is 0 Å². The van der Waals surface area contributed by atoms with Gasteiger partial charge in [-0.2, -0.15) is 0 Å². The Labute approximate surface area is 159 Å². The fourth-order valence-corrected chi connectivity index (χ4v) is 2.96. The molecule has 2 heterocycles. The Kier molecular flexibility index (Phi) is 5.98. The SMILES string of the molecule is CNCc1ccc(CCN(C)c2nc(-c3ccncc3)cc(=O)n2C)cc1. The average molecular weight is 363 g/mol. The highest BCUT2D eigenvalue weighted by Gasteiger charge is 2.11. The second-order valence-electron chi connectivity index (χ2n) is 6.59. The molecule has 1 N–H and O–H groups in total. The highest BCUT2D eigenvalue weighted by Crippen LogP contribution is 2.17. The van der Waals surface area contributed by atoms with Gasteiger partial charge in [0.05, 0.1) is 5.69 Å². The molecule has 0 fully saturated rings. The third-order valence-electron chi connectivity index (χ3n) is 4.57. The van der Waals surface area contributed by atoms with Crippen molar-refractivity contribution in [1.29, 1.82) is 0 Å². The van der Waals surface area contributed by atoms with Gasteiger partial charge in [0.2, 0.25) is 5.95 Å². The normalized spacial score (nSPS) is 10.8. The summed E-state index contributed by atoms with van der Waals surface area (Å²) in [6, 6.07) is 13.9. The molecule has 0 amide bonds. The second-order valence-corrected chi connectivity index (χ2v) is 6.59. The Hall–Kier alpha value is -2.99. The Morgan fingerprint density at radius 1 is 1.07 bits per heavy atom. The number of anilines is 1. The average Bonchev–Trinajstić information content (AvgIpc) is 2.70. The quantitative estimate of drug-likeness (QED) is 0.697. The molecule has 0 spiro atoms. The topological polar surface area (TPSA) is 63.0 Å². The van der Waals surface area contributed by atoms with Crippen molar-refractivity contribution in [1.82, 2.24) is 19.9 Å². The third-order valence-corrected chi connectivity index (χ3v) is 4.57. The van der Waals surface area contributed by atoms with Crippen molar-refractivity contribution in [3.63, 3.8) is 0 Å². The van der Waals surface area contributed by atoms with Gasteiger partial charge in [0.1, 0.15) is 0 Å². The maximum atomic E-state index is 12.4. The predicted octanol–water partition coefficient (Wildman–Crippen LogP) is 2.24. The van der Waals surface area contributed by atoms with Crippen molar-refractivity contribution in [3.05, 3.63) is 76.3 Å². The summed E-state index contributed by atoms with van der Waals surface area (Å²) in [6.07, 6.45) is 4.29. The number of hydrogen-bond acceptors (Lipinski definition) is 5. The van der Waals surface area contributed by atoms with E-state index in [1.54, 1.807) is 30.1 Å². The third kappa shape index (κ3) is 4.60. The molecule has 3 rings (SSSR count). The summed E-state index contributed by atoms with van der Waals surface area (Å²) in [5, 5.41) is 3.15. The van der Waals surface area contributed by atoms with Crippen LogP contribution in [0.25, 0.3) is 11.3 Å². The van der Waals surface area contributed by atoms with Gasteiger partial charge in [0.15, 0.2) is 0 Å². The Morgan fingerprint density at radius 3 is 2.41 bits per heavy atom. The number of benzene rings is 1. The summed E-state index contributed by atoms with van der Waals surface area (Å²) in [7, 11) is 5.66. The molecule has 27 heavy (non-hydrogen) atoms. The molecular formula is C21H25N5O. The first-order valence-electron chi connectivity index (χ1n) is 9.00. The Bertz CT molecular complexity index is 935. The van der Waals surface area contributed by atoms with Crippen LogP contribution in [0.2, 0.25) is 0 Å². The van der Waals surface area contributed by atoms with Gasteiger partial charge in [0.25, 0.3) is 5.56 Å². The lowest BCUT2D eigenvalue weighted by atomic mass is 10.1. The first kappa shape index (κ1) is 18.8. The highest BCUT2D eigenvalue weighted by atomic mass is 16.1. The van der Waals surface area contributed by atoms with Crippen LogP contribution >= 0.6 is 0 Å². The van der Waals surface area contributed by atoms with Crippen LogP contribution in [0.5, 0.6) is 0 Å². The van der Waals surface area contributed by atoms with Crippen molar-refractivity contribution in [2.75, 3.05) is 25.5 Å². The van der Waals surface area contributed by atoms with E-state index in [0.717, 1.165) is 25.1 Å². The van der Waals surface area contributed by atoms with Gasteiger partial charge >= 0.3 is 0 Å². The molecule has 1 aromatic carbocycles. The Morgan fingerprint density at radius 2 is 1.74 bits per heavy atom. The summed E-state index contributed by atoms with van der Waals surface area (Å²) in [6.45, 7) is 1.64. The van der Waals surface area contributed by atoms with Crippen molar-refractivity contribution in [2.45, 2.75) is 13.0 Å². The summed E-state index contributed by atoms with van der Waals surface area (Å²) in [5.74, 6) is 0.654. The minimum Gasteiger partial charge on any atom is -0.345 e. The number of nitrogens with one attached hydrogen (secondary N) is 1. The summed E-state index contributed by atoms with van der Waals surface area (Å²) < 4.78 is 1.58. The standard InChI is InChI=1S/C21H25N5O/c1-22-15-17-6-4-16(5-7-17)10-13-25(2)21-24-19(14-20(27)26(21)3)18-8-11-23-12-9-18/h4-9,11-12,14,22H,10,13,15H2,1-3H3. The molecule has 140 valence electrons. The van der Waals surface area contributed by atoms with Crippen molar-refractivity contribution in [3.8, 4) is 11.3 Å². The monoisotopic (exact) mass is 363 g/mol. The first-order chi connectivity index (χ1) is 13.1. The number of aromatic nitrogens is 3. The van der Waals surface area contributed by atoms with E-state index in [1.807, 2.05) is 31.1 Å². The van der Waals surface area contributed by atoms with E-state index in [-0.39, 0.29) is 5.56 Å². The van der Waals surface area contributed by atoms with Crippen LogP contribution in [-0.4, -0.2) is 35.2 Å². The van der Waals surface area contributed by atoms with E-state index >= 15 is 0 Å². The highest BCUT2D eigenvalue weighted by molar-refractivity contribution is 5.59. The van der Waals surface area contributed by atoms with E-state index < -0.39 is 0 Å². The largest absolute Gasteiger partial charge is 0.345 e. The zero-order valence-electron chi connectivity index (χ0n) is 16.0. The van der Waals surface area contributed by atoms with Crippen molar-refractivity contribution in [2.24, 2.45) is 7.05 Å². The minimum atomic E-state index is -0.0740. The molecule has 2 aromatic heterocycles. The van der Waals surface area contributed by atoms with E-state index in [1.165, 1.54) is 11.1 Å². The molecule has 0 aliphatic rings. The molecule has 0 saturated carbocycles. The summed E-state index contributed by atoms with van der Waals surface area (Å²) in [5.41, 5.74) is 4.01. The lowest BCUT2D eigenvalue weighted by molar-refractivity contribution is 0.750. The fraction of sp³-hybridized carbons (Fsp3) is 0.286. The van der Waals surface area contributed by atoms with E-state index in [9.17, 15) is 4.79 Å². The van der Waals surface area contributed by atoms with E-state index in [0.29, 0.717) is 11.6 Å². The molecule has 0 aliphatic heterocycles. The summed E-state index contributed by atoms with van der Waals surface area (Å²) >= 11 is 0. The molecule has 0 atom stereocenters. The smallest absolute Gasteiger partial charge is 0.255 e. The lowest BCUT2D eigenvalue weighted by Crippen LogP contribution is -2.30. The van der Waals surface area contributed by atoms with Gasteiger partial charge in [0, 0.05) is 51.2 Å². The van der Waals surface area contributed by atoms with Gasteiger partial charge in [-0.15, -0.1) is 0 Å². The predicted molar refractivity (Wildman–Crippen MR) is 109 cm³/mol. The van der Waals surface area contributed by atoms with Gasteiger partial charge in [-0.25, -0.2) is 4.98 Å². The molecular weight excluding hydrogens is 338 g/mol. The van der Waals surface area contributed by atoms with Crippen molar-refractivity contribution >= 4 is 5.95 Å². The zero-order valence-corrected chi connectivity index (χ0v) is 16.0. The van der Waals surface area contributed by atoms with Gasteiger partial charge < -0.3 is 10.2 Å². The number of hydrogen-bond donors (Lipinski definition) is 1. The molecule has 0 radical (unpaired) electrons. The van der Waals surface area contributed by atoms with E-state index in [4.69, 9.17) is 4.98 Å². The first-order valence-corrected chi connectivity index (χ1v) is 9.00. The molecule has 0 bridgehead atoms. The van der Waals surface area contributed by atoms with Gasteiger partial charge in [-0.1, -0.05) is 24.3 Å². The molecule has 0 unspecified atom stereocenters. The van der Waals surface area contributed by atoms with Gasteiger partial charge in [-0.05, 0) is 36.7 Å². The van der Waals surface area contributed by atoms with Crippen LogP contribution in [0.15, 0.2) is 59.7 Å². The van der Waals surface area contributed by atoms with Crippen LogP contribution in [0.4, 0.5) is 5.95 Å². The van der Waals surface area contributed by atoms with Crippen LogP contribution in [0.1, 0.15) is 11.1 Å². The number of pyridine rings is 1. The number of rotatable bonds is 7. The second kappa shape index (κ2) is 8.60. The maximum absolute atomic E-state index is 12.4. The molecule has 3 aromatic rings.